The van der Waals surface area contributed by atoms with Crippen LogP contribution in [0.5, 0.6) is 0 Å². The van der Waals surface area contributed by atoms with Crippen LogP contribution in [0.3, 0.4) is 0 Å². The quantitative estimate of drug-likeness (QED) is 0.841. The van der Waals surface area contributed by atoms with Gasteiger partial charge in [-0.15, -0.1) is 0 Å². The van der Waals surface area contributed by atoms with Crippen LogP contribution < -0.4 is 0 Å². The number of benzene rings is 1. The van der Waals surface area contributed by atoms with Gasteiger partial charge in [-0.3, -0.25) is 9.82 Å². The lowest BCUT2D eigenvalue weighted by Gasteiger charge is -2.25. The molecule has 3 nitrogen and oxygen atoms in total. The Morgan fingerprint density at radius 3 is 2.52 bits per heavy atom. The Hall–Kier alpha value is -1.42. The highest BCUT2D eigenvalue weighted by molar-refractivity contribution is 6.30. The van der Waals surface area contributed by atoms with E-state index in [0.717, 1.165) is 34.9 Å². The number of piperidine rings is 1. The zero-order valence-electron chi connectivity index (χ0n) is 12.0. The van der Waals surface area contributed by atoms with Gasteiger partial charge in [0.15, 0.2) is 0 Å². The van der Waals surface area contributed by atoms with Crippen LogP contribution in [0.4, 0.5) is 0 Å². The summed E-state index contributed by atoms with van der Waals surface area (Å²) in [7, 11) is 0. The average Bonchev–Trinajstić information content (AvgIpc) is 2.55. The third-order valence-corrected chi connectivity index (χ3v) is 3.96. The van der Waals surface area contributed by atoms with Crippen LogP contribution in [0.1, 0.15) is 25.0 Å². The first-order valence-corrected chi connectivity index (χ1v) is 7.78. The molecule has 0 spiro atoms. The number of hydroxylamine groups is 2. The summed E-state index contributed by atoms with van der Waals surface area (Å²) in [4.78, 5) is 10.2. The maximum atomic E-state index is 5.93. The van der Waals surface area contributed by atoms with Gasteiger partial charge in [-0.2, -0.15) is 5.06 Å². The highest BCUT2D eigenvalue weighted by Crippen LogP contribution is 2.22. The molecule has 0 bridgehead atoms. The predicted molar refractivity (Wildman–Crippen MR) is 84.9 cm³/mol. The fraction of sp³-hybridized carbons (Fsp3) is 0.353. The summed E-state index contributed by atoms with van der Waals surface area (Å²) >= 11 is 5.93. The summed E-state index contributed by atoms with van der Waals surface area (Å²) in [5, 5.41) is 2.81. The predicted octanol–water partition coefficient (Wildman–Crippen LogP) is 4.32. The largest absolute Gasteiger partial charge is 0.293 e. The normalized spacial score (nSPS) is 16.0. The maximum absolute atomic E-state index is 5.93. The van der Waals surface area contributed by atoms with E-state index in [4.69, 9.17) is 16.4 Å². The highest BCUT2D eigenvalue weighted by atomic mass is 35.5. The van der Waals surface area contributed by atoms with Crippen LogP contribution >= 0.6 is 11.6 Å². The molecule has 3 rings (SSSR count). The van der Waals surface area contributed by atoms with Gasteiger partial charge in [-0.1, -0.05) is 30.2 Å². The van der Waals surface area contributed by atoms with Gasteiger partial charge in [-0.05, 0) is 48.2 Å². The molecule has 0 atom stereocenters. The molecule has 2 heterocycles. The first-order chi connectivity index (χ1) is 10.3. The number of halogens is 1. The second-order valence-corrected chi connectivity index (χ2v) is 5.74. The fourth-order valence-corrected chi connectivity index (χ4v) is 2.66. The van der Waals surface area contributed by atoms with E-state index < -0.39 is 0 Å². The van der Waals surface area contributed by atoms with E-state index in [2.05, 4.69) is 16.1 Å². The lowest BCUT2D eigenvalue weighted by molar-refractivity contribution is -0.179. The summed E-state index contributed by atoms with van der Waals surface area (Å²) in [6.07, 6.45) is 5.58. The number of aromatic nitrogens is 1. The molecule has 0 aliphatic carbocycles. The molecule has 1 saturated heterocycles. The van der Waals surface area contributed by atoms with Crippen molar-refractivity contribution in [1.82, 2.24) is 10.0 Å². The molecule has 1 aromatic heterocycles. The van der Waals surface area contributed by atoms with Crippen molar-refractivity contribution in [3.63, 3.8) is 0 Å². The molecule has 0 saturated carbocycles. The van der Waals surface area contributed by atoms with Crippen molar-refractivity contribution >= 4 is 11.6 Å². The molecule has 1 aliphatic rings. The van der Waals surface area contributed by atoms with Gasteiger partial charge in [0.05, 0.1) is 5.69 Å². The van der Waals surface area contributed by atoms with Gasteiger partial charge in [0, 0.05) is 24.3 Å². The zero-order chi connectivity index (χ0) is 14.5. The highest BCUT2D eigenvalue weighted by Gasteiger charge is 2.11. The van der Waals surface area contributed by atoms with Crippen molar-refractivity contribution in [1.29, 1.82) is 0 Å². The lowest BCUT2D eigenvalue weighted by Crippen LogP contribution is -2.29. The number of nitrogens with zero attached hydrogens (tertiary/aromatic N) is 2. The Bertz CT molecular complexity index is 580. The minimum Gasteiger partial charge on any atom is -0.293 e. The molecule has 2 aromatic rings. The van der Waals surface area contributed by atoms with E-state index in [9.17, 15) is 0 Å². The van der Waals surface area contributed by atoms with E-state index in [1.165, 1.54) is 19.3 Å². The van der Waals surface area contributed by atoms with Crippen molar-refractivity contribution in [2.45, 2.75) is 25.9 Å². The van der Waals surface area contributed by atoms with E-state index in [1.807, 2.05) is 36.5 Å². The summed E-state index contributed by atoms with van der Waals surface area (Å²) in [5.41, 5.74) is 3.23. The molecular formula is C17H19ClN2O. The second-order valence-electron chi connectivity index (χ2n) is 5.31. The van der Waals surface area contributed by atoms with E-state index in [1.54, 1.807) is 0 Å². The number of rotatable bonds is 4. The molecule has 1 aliphatic heterocycles. The summed E-state index contributed by atoms with van der Waals surface area (Å²) in [5.74, 6) is 0. The van der Waals surface area contributed by atoms with Crippen molar-refractivity contribution in [3.8, 4) is 11.1 Å². The molecule has 1 fully saturated rings. The number of hydrogen-bond donors (Lipinski definition) is 0. The van der Waals surface area contributed by atoms with Crippen LogP contribution in [-0.4, -0.2) is 23.1 Å². The second kappa shape index (κ2) is 7.03. The average molecular weight is 303 g/mol. The van der Waals surface area contributed by atoms with Gasteiger partial charge < -0.3 is 0 Å². The Balaban J connectivity index is 1.66. The van der Waals surface area contributed by atoms with Crippen molar-refractivity contribution in [2.75, 3.05) is 13.1 Å². The zero-order valence-corrected chi connectivity index (χ0v) is 12.7. The molecular weight excluding hydrogens is 284 g/mol. The molecule has 110 valence electrons. The van der Waals surface area contributed by atoms with Crippen LogP contribution in [0.25, 0.3) is 11.1 Å². The SMILES string of the molecule is Clc1ccc(-c2ccnc(CON3CCCCC3)c2)cc1. The Kier molecular flexibility index (Phi) is 4.86. The van der Waals surface area contributed by atoms with Gasteiger partial charge in [-0.25, -0.2) is 0 Å². The minimum absolute atomic E-state index is 0.529. The maximum Gasteiger partial charge on any atom is 0.111 e. The van der Waals surface area contributed by atoms with Gasteiger partial charge in [0.25, 0.3) is 0 Å². The van der Waals surface area contributed by atoms with Crippen molar-refractivity contribution in [3.05, 3.63) is 53.3 Å². The topological polar surface area (TPSA) is 25.4 Å². The van der Waals surface area contributed by atoms with Crippen molar-refractivity contribution < 1.29 is 4.84 Å². The standard InChI is InChI=1S/C17H19ClN2O/c18-16-6-4-14(5-7-16)15-8-9-19-17(12-15)13-21-20-10-2-1-3-11-20/h4-9,12H,1-3,10-11,13H2. The lowest BCUT2D eigenvalue weighted by atomic mass is 10.1. The smallest absolute Gasteiger partial charge is 0.111 e. The van der Waals surface area contributed by atoms with E-state index in [0.29, 0.717) is 6.61 Å². The van der Waals surface area contributed by atoms with Crippen LogP contribution in [0.2, 0.25) is 5.02 Å². The fourth-order valence-electron chi connectivity index (χ4n) is 2.53. The van der Waals surface area contributed by atoms with E-state index >= 15 is 0 Å². The summed E-state index contributed by atoms with van der Waals surface area (Å²) < 4.78 is 0. The number of hydrogen-bond acceptors (Lipinski definition) is 3. The van der Waals surface area contributed by atoms with Crippen LogP contribution in [-0.2, 0) is 11.4 Å². The molecule has 1 aromatic carbocycles. The van der Waals surface area contributed by atoms with Gasteiger partial charge >= 0.3 is 0 Å². The molecule has 0 N–H and O–H groups in total. The van der Waals surface area contributed by atoms with E-state index in [-0.39, 0.29) is 0 Å². The van der Waals surface area contributed by atoms with Crippen LogP contribution in [0.15, 0.2) is 42.6 Å². The Morgan fingerprint density at radius 2 is 1.76 bits per heavy atom. The molecule has 21 heavy (non-hydrogen) atoms. The summed E-state index contributed by atoms with van der Waals surface area (Å²) in [6, 6.07) is 11.9. The molecule has 4 heteroatoms. The third-order valence-electron chi connectivity index (χ3n) is 3.70. The van der Waals surface area contributed by atoms with Gasteiger partial charge in [0.2, 0.25) is 0 Å². The monoisotopic (exact) mass is 302 g/mol. The first kappa shape index (κ1) is 14.5. The minimum atomic E-state index is 0.529. The Morgan fingerprint density at radius 1 is 1.00 bits per heavy atom. The van der Waals surface area contributed by atoms with Crippen molar-refractivity contribution in [2.24, 2.45) is 0 Å². The summed E-state index contributed by atoms with van der Waals surface area (Å²) in [6.45, 7) is 2.58. The molecule has 0 radical (unpaired) electrons. The molecule has 0 unspecified atom stereocenters. The first-order valence-electron chi connectivity index (χ1n) is 7.40. The number of pyridine rings is 1. The third kappa shape index (κ3) is 4.03. The Labute approximate surface area is 130 Å². The van der Waals surface area contributed by atoms with Gasteiger partial charge in [0.1, 0.15) is 6.61 Å². The molecule has 0 amide bonds. The van der Waals surface area contributed by atoms with Crippen LogP contribution in [0, 0.1) is 0 Å².